The number of benzene rings is 1. The van der Waals surface area contributed by atoms with Crippen LogP contribution in [0, 0.1) is 24.5 Å². The van der Waals surface area contributed by atoms with Gasteiger partial charge in [0, 0.05) is 18.5 Å². The largest absolute Gasteiger partial charge is 0.466 e. The molecular weight excluding hydrogens is 348 g/mol. The number of hydrogen-bond donors (Lipinski definition) is 1. The number of aromatic nitrogens is 3. The van der Waals surface area contributed by atoms with E-state index in [4.69, 9.17) is 17.0 Å². The molecule has 2 heterocycles. The first kappa shape index (κ1) is 18.8. The zero-order chi connectivity index (χ0) is 18.7. The summed E-state index contributed by atoms with van der Waals surface area (Å²) in [5, 5.41) is 4.65. The molecule has 0 unspecified atom stereocenters. The third-order valence-corrected chi connectivity index (χ3v) is 5.37. The van der Waals surface area contributed by atoms with Gasteiger partial charge in [0.05, 0.1) is 25.6 Å². The molecule has 140 valence electrons. The minimum atomic E-state index is -0.0531. The van der Waals surface area contributed by atoms with Crippen LogP contribution in [-0.2, 0) is 16.2 Å². The molecule has 1 aromatic carbocycles. The Morgan fingerprint density at radius 2 is 1.92 bits per heavy atom. The van der Waals surface area contributed by atoms with Gasteiger partial charge in [-0.05, 0) is 45.1 Å². The molecule has 0 aliphatic carbocycles. The summed E-state index contributed by atoms with van der Waals surface area (Å²) < 4.78 is 9.78. The van der Waals surface area contributed by atoms with Gasteiger partial charge in [-0.15, -0.1) is 0 Å². The highest BCUT2D eigenvalue weighted by molar-refractivity contribution is 7.71. The van der Waals surface area contributed by atoms with Gasteiger partial charge in [-0.3, -0.25) is 9.36 Å². The van der Waals surface area contributed by atoms with E-state index in [2.05, 4.69) is 36.3 Å². The highest BCUT2D eigenvalue weighted by Crippen LogP contribution is 2.14. The zero-order valence-corrected chi connectivity index (χ0v) is 16.5. The standard InChI is InChI=1S/C19H26N4O2S/c1-4-25-18(24)16-9-11-21(12-10-16)13-22-19(26)23(15(3)20-22)17-7-5-14(2)6-8-17/h5-8,16H,4,9-13H2,1-3H3/p+1. The van der Waals surface area contributed by atoms with E-state index in [9.17, 15) is 4.79 Å². The van der Waals surface area contributed by atoms with Crippen LogP contribution in [0.1, 0.15) is 31.2 Å². The third kappa shape index (κ3) is 4.04. The van der Waals surface area contributed by atoms with E-state index in [-0.39, 0.29) is 11.9 Å². The van der Waals surface area contributed by atoms with Gasteiger partial charge < -0.3 is 9.64 Å². The van der Waals surface area contributed by atoms with Crippen LogP contribution in [0.15, 0.2) is 24.3 Å². The summed E-state index contributed by atoms with van der Waals surface area (Å²) in [7, 11) is 0. The molecule has 1 aliphatic heterocycles. The van der Waals surface area contributed by atoms with E-state index in [1.165, 1.54) is 10.5 Å². The van der Waals surface area contributed by atoms with E-state index in [1.807, 2.05) is 23.1 Å². The van der Waals surface area contributed by atoms with Crippen LogP contribution in [0.2, 0.25) is 0 Å². The third-order valence-electron chi connectivity index (χ3n) is 4.98. The molecule has 1 saturated heterocycles. The predicted octanol–water partition coefficient (Wildman–Crippen LogP) is 1.84. The molecule has 1 N–H and O–H groups in total. The number of esters is 1. The maximum atomic E-state index is 11.9. The van der Waals surface area contributed by atoms with Crippen LogP contribution in [-0.4, -0.2) is 40.0 Å². The molecule has 1 aromatic heterocycles. The van der Waals surface area contributed by atoms with Crippen molar-refractivity contribution < 1.29 is 14.4 Å². The maximum absolute atomic E-state index is 11.9. The first-order valence-electron chi connectivity index (χ1n) is 9.23. The molecule has 0 spiro atoms. The molecule has 0 radical (unpaired) electrons. The van der Waals surface area contributed by atoms with Gasteiger partial charge in [0.25, 0.3) is 0 Å². The SMILES string of the molecule is CCOC(=O)C1CC[NH+](Cn2nc(C)n(-c3ccc(C)cc3)c2=S)CC1. The van der Waals surface area contributed by atoms with Gasteiger partial charge >= 0.3 is 5.97 Å². The first-order valence-corrected chi connectivity index (χ1v) is 9.64. The van der Waals surface area contributed by atoms with Crippen LogP contribution < -0.4 is 4.90 Å². The second kappa shape index (κ2) is 8.14. The Morgan fingerprint density at radius 3 is 2.54 bits per heavy atom. The van der Waals surface area contributed by atoms with Crippen LogP contribution in [0.25, 0.3) is 5.69 Å². The summed E-state index contributed by atoms with van der Waals surface area (Å²) in [6, 6.07) is 8.31. The van der Waals surface area contributed by atoms with Gasteiger partial charge in [0.1, 0.15) is 5.82 Å². The lowest BCUT2D eigenvalue weighted by Crippen LogP contribution is -3.12. The molecule has 6 nitrogen and oxygen atoms in total. The van der Waals surface area contributed by atoms with Crippen molar-refractivity contribution in [1.82, 2.24) is 14.3 Å². The van der Waals surface area contributed by atoms with Gasteiger partial charge in [0.2, 0.25) is 4.77 Å². The number of carbonyl (C=O) groups is 1. The molecule has 26 heavy (non-hydrogen) atoms. The van der Waals surface area contributed by atoms with Gasteiger partial charge in [-0.25, -0.2) is 0 Å². The lowest BCUT2D eigenvalue weighted by atomic mass is 9.97. The normalized spacial score (nSPS) is 20.1. The highest BCUT2D eigenvalue weighted by Gasteiger charge is 2.28. The first-order chi connectivity index (χ1) is 12.5. The van der Waals surface area contributed by atoms with Crippen molar-refractivity contribution >= 4 is 18.2 Å². The Hall–Kier alpha value is -1.99. The van der Waals surface area contributed by atoms with E-state index in [0.717, 1.165) is 44.1 Å². The number of aryl methyl sites for hydroxylation is 2. The average Bonchev–Trinajstić information content (AvgIpc) is 2.90. The number of quaternary nitrogens is 1. The van der Waals surface area contributed by atoms with Crippen LogP contribution in [0.3, 0.4) is 0 Å². The Morgan fingerprint density at radius 1 is 1.27 bits per heavy atom. The van der Waals surface area contributed by atoms with Gasteiger partial charge in [0.15, 0.2) is 6.67 Å². The zero-order valence-electron chi connectivity index (χ0n) is 15.7. The lowest BCUT2D eigenvalue weighted by Gasteiger charge is -2.27. The number of ether oxygens (including phenoxy) is 1. The smallest absolute Gasteiger partial charge is 0.309 e. The molecule has 1 fully saturated rings. The van der Waals surface area contributed by atoms with Crippen molar-refractivity contribution in [1.29, 1.82) is 0 Å². The minimum absolute atomic E-state index is 0.0403. The fourth-order valence-electron chi connectivity index (χ4n) is 3.50. The predicted molar refractivity (Wildman–Crippen MR) is 102 cm³/mol. The second-order valence-corrected chi connectivity index (χ2v) is 7.30. The highest BCUT2D eigenvalue weighted by atomic mass is 32.1. The summed E-state index contributed by atoms with van der Waals surface area (Å²) in [6.07, 6.45) is 1.72. The molecular formula is C19H27N4O2S+. The van der Waals surface area contributed by atoms with Crippen molar-refractivity contribution in [3.05, 3.63) is 40.4 Å². The fourth-order valence-corrected chi connectivity index (χ4v) is 3.84. The minimum Gasteiger partial charge on any atom is -0.466 e. The monoisotopic (exact) mass is 375 g/mol. The number of piperidine rings is 1. The molecule has 7 heteroatoms. The molecule has 2 aromatic rings. The summed E-state index contributed by atoms with van der Waals surface area (Å²) in [6.45, 7) is 8.96. The number of likely N-dealkylation sites (tertiary alicyclic amines) is 1. The van der Waals surface area contributed by atoms with Gasteiger partial charge in [-0.1, -0.05) is 17.7 Å². The number of nitrogens with zero attached hydrogens (tertiary/aromatic N) is 3. The molecule has 1 aliphatic rings. The van der Waals surface area contributed by atoms with E-state index < -0.39 is 0 Å². The molecule has 0 atom stereocenters. The Bertz CT molecular complexity index is 817. The van der Waals surface area contributed by atoms with E-state index >= 15 is 0 Å². The van der Waals surface area contributed by atoms with Crippen molar-refractivity contribution in [3.63, 3.8) is 0 Å². The summed E-state index contributed by atoms with van der Waals surface area (Å²) >= 11 is 5.67. The lowest BCUT2D eigenvalue weighted by molar-refractivity contribution is -0.929. The number of nitrogens with one attached hydrogen (secondary N) is 1. The maximum Gasteiger partial charge on any atom is 0.309 e. The average molecular weight is 376 g/mol. The van der Waals surface area contributed by atoms with E-state index in [1.54, 1.807) is 0 Å². The van der Waals surface area contributed by atoms with Crippen LogP contribution >= 0.6 is 12.2 Å². The molecule has 3 rings (SSSR count). The van der Waals surface area contributed by atoms with Crippen LogP contribution in [0.5, 0.6) is 0 Å². The summed E-state index contributed by atoms with van der Waals surface area (Å²) in [5.74, 6) is 0.876. The molecule has 0 amide bonds. The Balaban J connectivity index is 1.68. The topological polar surface area (TPSA) is 53.5 Å². The second-order valence-electron chi connectivity index (χ2n) is 6.93. The Labute approximate surface area is 159 Å². The summed E-state index contributed by atoms with van der Waals surface area (Å²) in [5.41, 5.74) is 2.26. The van der Waals surface area contributed by atoms with Crippen molar-refractivity contribution in [2.75, 3.05) is 19.7 Å². The number of carbonyl (C=O) groups excluding carboxylic acids is 1. The number of hydrogen-bond acceptors (Lipinski definition) is 4. The molecule has 0 saturated carbocycles. The Kier molecular flexibility index (Phi) is 5.88. The summed E-state index contributed by atoms with van der Waals surface area (Å²) in [4.78, 5) is 13.3. The van der Waals surface area contributed by atoms with Gasteiger partial charge in [-0.2, -0.15) is 9.78 Å². The van der Waals surface area contributed by atoms with Crippen molar-refractivity contribution in [2.45, 2.75) is 40.3 Å². The fraction of sp³-hybridized carbons (Fsp3) is 0.526. The van der Waals surface area contributed by atoms with Crippen molar-refractivity contribution in [3.8, 4) is 5.69 Å². The quantitative estimate of drug-likeness (QED) is 0.640. The van der Waals surface area contributed by atoms with E-state index in [0.29, 0.717) is 11.4 Å². The number of rotatable bonds is 5. The van der Waals surface area contributed by atoms with Crippen molar-refractivity contribution in [2.24, 2.45) is 5.92 Å². The van der Waals surface area contributed by atoms with Crippen LogP contribution in [0.4, 0.5) is 0 Å². The molecule has 0 bridgehead atoms.